The van der Waals surface area contributed by atoms with Crippen molar-refractivity contribution in [1.82, 2.24) is 10.2 Å². The molecule has 2 heterocycles. The van der Waals surface area contributed by atoms with E-state index in [1.165, 1.54) is 18.4 Å². The minimum absolute atomic E-state index is 0.188. The molecule has 0 bridgehead atoms. The molecule has 1 atom stereocenters. The molecule has 19 heavy (non-hydrogen) atoms. The first-order valence-electron chi connectivity index (χ1n) is 7.36. The maximum atomic E-state index is 12.5. The van der Waals surface area contributed by atoms with Gasteiger partial charge in [0.2, 0.25) is 0 Å². The number of aryl methyl sites for hydroxylation is 1. The Morgan fingerprint density at radius 1 is 1.32 bits per heavy atom. The largest absolute Gasteiger partial charge is 0.337 e. The monoisotopic (exact) mass is 258 g/mol. The Kier molecular flexibility index (Phi) is 3.31. The topological polar surface area (TPSA) is 32.3 Å². The van der Waals surface area contributed by atoms with Crippen molar-refractivity contribution in [3.63, 3.8) is 0 Å². The number of rotatable bonds is 2. The SMILES string of the molecule is CCc1ccc(C(=O)N2CCC3(CCCN3)C2)cc1. The number of benzene rings is 1. The third-order valence-corrected chi connectivity index (χ3v) is 4.58. The van der Waals surface area contributed by atoms with Crippen LogP contribution in [0.2, 0.25) is 0 Å². The second-order valence-electron chi connectivity index (χ2n) is 5.84. The molecule has 2 aliphatic heterocycles. The van der Waals surface area contributed by atoms with E-state index in [9.17, 15) is 4.79 Å². The lowest BCUT2D eigenvalue weighted by Crippen LogP contribution is -2.43. The molecule has 102 valence electrons. The Morgan fingerprint density at radius 2 is 2.11 bits per heavy atom. The van der Waals surface area contributed by atoms with E-state index in [0.717, 1.165) is 38.0 Å². The molecule has 1 amide bonds. The van der Waals surface area contributed by atoms with E-state index in [4.69, 9.17) is 0 Å². The van der Waals surface area contributed by atoms with Crippen LogP contribution in [0.5, 0.6) is 0 Å². The van der Waals surface area contributed by atoms with Crippen LogP contribution in [-0.2, 0) is 6.42 Å². The summed E-state index contributed by atoms with van der Waals surface area (Å²) in [6.45, 7) is 5.00. The van der Waals surface area contributed by atoms with Gasteiger partial charge in [-0.05, 0) is 49.9 Å². The zero-order chi connectivity index (χ0) is 13.3. The third-order valence-electron chi connectivity index (χ3n) is 4.58. The lowest BCUT2D eigenvalue weighted by atomic mass is 9.97. The summed E-state index contributed by atoms with van der Waals surface area (Å²) < 4.78 is 0. The maximum Gasteiger partial charge on any atom is 0.253 e. The van der Waals surface area contributed by atoms with E-state index >= 15 is 0 Å². The lowest BCUT2D eigenvalue weighted by molar-refractivity contribution is 0.0782. The van der Waals surface area contributed by atoms with Crippen LogP contribution in [0.15, 0.2) is 24.3 Å². The summed E-state index contributed by atoms with van der Waals surface area (Å²) in [7, 11) is 0. The molecule has 1 aromatic carbocycles. The summed E-state index contributed by atoms with van der Waals surface area (Å²) in [6.07, 6.45) is 4.58. The highest BCUT2D eigenvalue weighted by molar-refractivity contribution is 5.94. The van der Waals surface area contributed by atoms with Crippen LogP contribution < -0.4 is 5.32 Å². The highest BCUT2D eigenvalue weighted by Gasteiger charge is 2.41. The summed E-state index contributed by atoms with van der Waals surface area (Å²) >= 11 is 0. The predicted octanol–water partition coefficient (Wildman–Crippen LogP) is 2.22. The average molecular weight is 258 g/mol. The van der Waals surface area contributed by atoms with E-state index in [-0.39, 0.29) is 11.4 Å². The number of amides is 1. The van der Waals surface area contributed by atoms with Gasteiger partial charge in [0.1, 0.15) is 0 Å². The maximum absolute atomic E-state index is 12.5. The van der Waals surface area contributed by atoms with Gasteiger partial charge in [0.15, 0.2) is 0 Å². The molecule has 2 aliphatic rings. The van der Waals surface area contributed by atoms with Gasteiger partial charge in [0, 0.05) is 24.2 Å². The molecule has 1 spiro atoms. The van der Waals surface area contributed by atoms with E-state index < -0.39 is 0 Å². The number of likely N-dealkylation sites (tertiary alicyclic amines) is 1. The number of nitrogens with one attached hydrogen (secondary N) is 1. The minimum Gasteiger partial charge on any atom is -0.337 e. The zero-order valence-corrected chi connectivity index (χ0v) is 11.6. The van der Waals surface area contributed by atoms with Crippen molar-refractivity contribution in [1.29, 1.82) is 0 Å². The van der Waals surface area contributed by atoms with E-state index in [1.807, 2.05) is 17.0 Å². The van der Waals surface area contributed by atoms with Crippen LogP contribution in [0.1, 0.15) is 42.1 Å². The van der Waals surface area contributed by atoms with E-state index in [1.54, 1.807) is 0 Å². The molecule has 1 N–H and O–H groups in total. The quantitative estimate of drug-likeness (QED) is 0.882. The number of hydrogen-bond donors (Lipinski definition) is 1. The van der Waals surface area contributed by atoms with Crippen molar-refractivity contribution >= 4 is 5.91 Å². The molecule has 0 aliphatic carbocycles. The number of nitrogens with zero attached hydrogens (tertiary/aromatic N) is 1. The Hall–Kier alpha value is -1.35. The van der Waals surface area contributed by atoms with Gasteiger partial charge < -0.3 is 10.2 Å². The van der Waals surface area contributed by atoms with Crippen LogP contribution in [0, 0.1) is 0 Å². The van der Waals surface area contributed by atoms with Crippen LogP contribution in [0.3, 0.4) is 0 Å². The van der Waals surface area contributed by atoms with Crippen LogP contribution >= 0.6 is 0 Å². The molecule has 1 aromatic rings. The van der Waals surface area contributed by atoms with Gasteiger partial charge in [0.05, 0.1) is 0 Å². The Morgan fingerprint density at radius 3 is 2.74 bits per heavy atom. The summed E-state index contributed by atoms with van der Waals surface area (Å²) in [5, 5.41) is 3.59. The number of hydrogen-bond acceptors (Lipinski definition) is 2. The fourth-order valence-corrected chi connectivity index (χ4v) is 3.33. The van der Waals surface area contributed by atoms with Gasteiger partial charge in [0.25, 0.3) is 5.91 Å². The van der Waals surface area contributed by atoms with Gasteiger partial charge in [-0.2, -0.15) is 0 Å². The first-order chi connectivity index (χ1) is 9.22. The summed E-state index contributed by atoms with van der Waals surface area (Å²) in [5.41, 5.74) is 2.33. The molecule has 2 fully saturated rings. The number of carbonyl (C=O) groups is 1. The third kappa shape index (κ3) is 2.39. The Bertz CT molecular complexity index is 460. The van der Waals surface area contributed by atoms with Crippen molar-refractivity contribution in [2.45, 2.75) is 38.1 Å². The van der Waals surface area contributed by atoms with Gasteiger partial charge >= 0.3 is 0 Å². The normalized spacial score (nSPS) is 26.3. The standard InChI is InChI=1S/C16H22N2O/c1-2-13-4-6-14(7-5-13)15(19)18-11-9-16(12-18)8-3-10-17-16/h4-7,17H,2-3,8-12H2,1H3. The lowest BCUT2D eigenvalue weighted by Gasteiger charge is -2.24. The number of carbonyl (C=O) groups excluding carboxylic acids is 1. The summed E-state index contributed by atoms with van der Waals surface area (Å²) in [6, 6.07) is 8.06. The molecule has 0 aromatic heterocycles. The first-order valence-corrected chi connectivity index (χ1v) is 7.36. The average Bonchev–Trinajstić information content (AvgIpc) is 3.09. The Balaban J connectivity index is 1.70. The summed E-state index contributed by atoms with van der Waals surface area (Å²) in [4.78, 5) is 14.5. The van der Waals surface area contributed by atoms with Crippen molar-refractivity contribution in [3.05, 3.63) is 35.4 Å². The highest BCUT2D eigenvalue weighted by Crippen LogP contribution is 2.30. The molecule has 3 rings (SSSR count). The molecule has 0 saturated carbocycles. The smallest absolute Gasteiger partial charge is 0.253 e. The van der Waals surface area contributed by atoms with Gasteiger partial charge in [-0.15, -0.1) is 0 Å². The van der Waals surface area contributed by atoms with Gasteiger partial charge in [-0.25, -0.2) is 0 Å². The Labute approximate surface area is 115 Å². The van der Waals surface area contributed by atoms with Crippen LogP contribution in [0.25, 0.3) is 0 Å². The van der Waals surface area contributed by atoms with E-state index in [2.05, 4.69) is 24.4 Å². The molecule has 1 unspecified atom stereocenters. The summed E-state index contributed by atoms with van der Waals surface area (Å²) in [5.74, 6) is 0.188. The first kappa shape index (κ1) is 12.7. The van der Waals surface area contributed by atoms with Crippen molar-refractivity contribution in [3.8, 4) is 0 Å². The molecular formula is C16H22N2O. The predicted molar refractivity (Wildman–Crippen MR) is 76.3 cm³/mol. The zero-order valence-electron chi connectivity index (χ0n) is 11.6. The molecule has 2 saturated heterocycles. The van der Waals surface area contributed by atoms with E-state index in [0.29, 0.717) is 0 Å². The second-order valence-corrected chi connectivity index (χ2v) is 5.84. The van der Waals surface area contributed by atoms with Crippen LogP contribution in [-0.4, -0.2) is 36.0 Å². The molecule has 3 nitrogen and oxygen atoms in total. The fourth-order valence-electron chi connectivity index (χ4n) is 3.33. The van der Waals surface area contributed by atoms with Crippen molar-refractivity contribution < 1.29 is 4.79 Å². The molecular weight excluding hydrogens is 236 g/mol. The van der Waals surface area contributed by atoms with Gasteiger partial charge in [-0.3, -0.25) is 4.79 Å². The minimum atomic E-state index is 0.188. The second kappa shape index (κ2) is 4.97. The van der Waals surface area contributed by atoms with Crippen LogP contribution in [0.4, 0.5) is 0 Å². The van der Waals surface area contributed by atoms with Gasteiger partial charge in [-0.1, -0.05) is 19.1 Å². The highest BCUT2D eigenvalue weighted by atomic mass is 16.2. The molecule has 0 radical (unpaired) electrons. The molecule has 3 heteroatoms. The van der Waals surface area contributed by atoms with Crippen molar-refractivity contribution in [2.24, 2.45) is 0 Å². The van der Waals surface area contributed by atoms with Crippen molar-refractivity contribution in [2.75, 3.05) is 19.6 Å². The fraction of sp³-hybridized carbons (Fsp3) is 0.562.